The van der Waals surface area contributed by atoms with Gasteiger partial charge < -0.3 is 9.72 Å². The second-order valence-electron chi connectivity index (χ2n) is 6.35. The van der Waals surface area contributed by atoms with Crippen LogP contribution in [0.2, 0.25) is 0 Å². The second kappa shape index (κ2) is 7.36. The van der Waals surface area contributed by atoms with E-state index in [1.165, 1.54) is 19.4 Å². The summed E-state index contributed by atoms with van der Waals surface area (Å²) in [7, 11) is 1.50. The molecule has 1 N–H and O–H groups in total. The number of imidazole rings is 1. The molecule has 7 nitrogen and oxygen atoms in total. The van der Waals surface area contributed by atoms with Crippen molar-refractivity contribution in [1.82, 2.24) is 24.3 Å². The van der Waals surface area contributed by atoms with Crippen LogP contribution >= 0.6 is 15.9 Å². The number of fused-ring (bicyclic) bond motifs is 1. The Hall–Kier alpha value is -3.14. The van der Waals surface area contributed by atoms with Crippen LogP contribution < -0.4 is 10.3 Å². The Morgan fingerprint density at radius 2 is 2.00 bits per heavy atom. The Kier molecular flexibility index (Phi) is 4.87. The molecular weight excluding hydrogens is 448 g/mol. The third-order valence-electron chi connectivity index (χ3n) is 4.47. The summed E-state index contributed by atoms with van der Waals surface area (Å²) >= 11 is 3.18. The van der Waals surface area contributed by atoms with E-state index in [1.54, 1.807) is 16.7 Å². The van der Waals surface area contributed by atoms with Crippen molar-refractivity contribution in [2.24, 2.45) is 0 Å². The van der Waals surface area contributed by atoms with Gasteiger partial charge in [0.2, 0.25) is 11.7 Å². The van der Waals surface area contributed by atoms with Crippen LogP contribution in [0.5, 0.6) is 5.88 Å². The lowest BCUT2D eigenvalue weighted by Gasteiger charge is -2.11. The number of ether oxygens (including phenoxy) is 1. The molecule has 3 aromatic heterocycles. The van der Waals surface area contributed by atoms with Gasteiger partial charge in [0.15, 0.2) is 11.5 Å². The molecule has 3 heterocycles. The van der Waals surface area contributed by atoms with E-state index < -0.39 is 11.4 Å². The quantitative estimate of drug-likeness (QED) is 0.503. The fourth-order valence-corrected chi connectivity index (χ4v) is 3.44. The van der Waals surface area contributed by atoms with Crippen LogP contribution in [0, 0.1) is 18.6 Å². The number of halogens is 3. The zero-order valence-electron chi connectivity index (χ0n) is 15.3. The molecular formula is C19H14BrF2N5O2. The van der Waals surface area contributed by atoms with E-state index in [0.717, 1.165) is 17.3 Å². The van der Waals surface area contributed by atoms with Crippen LogP contribution in [-0.4, -0.2) is 31.4 Å². The SMILES string of the molecule is COc1cnc2c(Cc3cc(F)c(Br)cc3C)nc(-c3ncc(F)c(=O)[nH]3)cn12. The number of hydrogen-bond donors (Lipinski definition) is 1. The predicted molar refractivity (Wildman–Crippen MR) is 105 cm³/mol. The monoisotopic (exact) mass is 461 g/mol. The molecule has 148 valence electrons. The number of nitrogens with one attached hydrogen (secondary N) is 1. The summed E-state index contributed by atoms with van der Waals surface area (Å²) in [6, 6.07) is 3.12. The lowest BCUT2D eigenvalue weighted by Crippen LogP contribution is -2.13. The van der Waals surface area contributed by atoms with Gasteiger partial charge >= 0.3 is 0 Å². The van der Waals surface area contributed by atoms with Gasteiger partial charge in [0.05, 0.1) is 29.7 Å². The highest BCUT2D eigenvalue weighted by molar-refractivity contribution is 9.10. The van der Waals surface area contributed by atoms with Crippen molar-refractivity contribution < 1.29 is 13.5 Å². The van der Waals surface area contributed by atoms with Crippen molar-refractivity contribution in [3.63, 3.8) is 0 Å². The summed E-state index contributed by atoms with van der Waals surface area (Å²) < 4.78 is 34.7. The normalized spacial score (nSPS) is 11.2. The first-order valence-corrected chi connectivity index (χ1v) is 9.27. The zero-order chi connectivity index (χ0) is 20.7. The average molecular weight is 462 g/mol. The minimum atomic E-state index is -0.990. The summed E-state index contributed by atoms with van der Waals surface area (Å²) in [5, 5.41) is 0. The molecule has 1 aromatic carbocycles. The molecule has 0 aliphatic carbocycles. The number of nitrogens with zero attached hydrogens (tertiary/aromatic N) is 4. The third kappa shape index (κ3) is 3.51. The molecule has 0 radical (unpaired) electrons. The van der Waals surface area contributed by atoms with E-state index in [4.69, 9.17) is 4.74 Å². The minimum absolute atomic E-state index is 0.0917. The van der Waals surface area contributed by atoms with Gasteiger partial charge in [-0.1, -0.05) is 0 Å². The molecule has 29 heavy (non-hydrogen) atoms. The molecule has 0 amide bonds. The number of aromatic amines is 1. The maximum Gasteiger partial charge on any atom is 0.287 e. The van der Waals surface area contributed by atoms with Crippen molar-refractivity contribution in [2.75, 3.05) is 7.11 Å². The molecule has 4 rings (SSSR count). The number of aromatic nitrogens is 5. The molecule has 0 atom stereocenters. The largest absolute Gasteiger partial charge is 0.481 e. The van der Waals surface area contributed by atoms with Gasteiger partial charge in [0.25, 0.3) is 5.56 Å². The van der Waals surface area contributed by atoms with Crippen molar-refractivity contribution in [2.45, 2.75) is 13.3 Å². The van der Waals surface area contributed by atoms with Crippen LogP contribution in [0.4, 0.5) is 8.78 Å². The molecule has 0 saturated heterocycles. The summed E-state index contributed by atoms with van der Waals surface area (Å²) in [4.78, 5) is 26.8. The molecule has 0 spiro atoms. The van der Waals surface area contributed by atoms with E-state index in [-0.39, 0.29) is 23.8 Å². The topological polar surface area (TPSA) is 85.2 Å². The van der Waals surface area contributed by atoms with Crippen LogP contribution in [0.3, 0.4) is 0 Å². The Morgan fingerprint density at radius 3 is 2.72 bits per heavy atom. The highest BCUT2D eigenvalue weighted by atomic mass is 79.9. The summed E-state index contributed by atoms with van der Waals surface area (Å²) in [6.45, 7) is 1.87. The molecule has 0 unspecified atom stereocenters. The molecule has 0 saturated carbocycles. The van der Waals surface area contributed by atoms with Crippen LogP contribution in [0.1, 0.15) is 16.8 Å². The zero-order valence-corrected chi connectivity index (χ0v) is 16.9. The number of methoxy groups -OCH3 is 1. The summed E-state index contributed by atoms with van der Waals surface area (Å²) in [5.74, 6) is -0.846. The highest BCUT2D eigenvalue weighted by Gasteiger charge is 2.17. The summed E-state index contributed by atoms with van der Waals surface area (Å²) in [6.07, 6.45) is 4.22. The van der Waals surface area contributed by atoms with E-state index in [2.05, 4.69) is 35.9 Å². The Bertz CT molecular complexity index is 1300. The fraction of sp³-hybridized carbons (Fsp3) is 0.158. The first kappa shape index (κ1) is 19.2. The van der Waals surface area contributed by atoms with Gasteiger partial charge in [0.1, 0.15) is 11.5 Å². The standard InChI is InChI=1S/C19H14BrF2N5O2/c1-9-3-11(20)12(21)4-10(9)5-14-18-24-7-16(29-2)27(18)8-15(25-14)17-23-6-13(22)19(28)26-17/h3-4,6-8H,5H2,1-2H3,(H,23,26,28). The molecule has 0 aliphatic heterocycles. The predicted octanol–water partition coefficient (Wildman–Crippen LogP) is 3.43. The Morgan fingerprint density at radius 1 is 1.21 bits per heavy atom. The van der Waals surface area contributed by atoms with Gasteiger partial charge in [-0.3, -0.25) is 9.20 Å². The maximum absolute atomic E-state index is 14.1. The molecule has 0 bridgehead atoms. The third-order valence-corrected chi connectivity index (χ3v) is 5.08. The lowest BCUT2D eigenvalue weighted by molar-refractivity contribution is 0.394. The van der Waals surface area contributed by atoms with Crippen molar-refractivity contribution in [1.29, 1.82) is 0 Å². The van der Waals surface area contributed by atoms with Gasteiger partial charge in [-0.15, -0.1) is 0 Å². The van der Waals surface area contributed by atoms with E-state index in [0.29, 0.717) is 21.7 Å². The number of benzene rings is 1. The van der Waals surface area contributed by atoms with E-state index in [1.807, 2.05) is 6.92 Å². The summed E-state index contributed by atoms with van der Waals surface area (Å²) in [5.41, 5.74) is 2.01. The number of H-pyrrole nitrogens is 1. The van der Waals surface area contributed by atoms with Gasteiger partial charge in [-0.2, -0.15) is 4.39 Å². The molecule has 0 aliphatic rings. The minimum Gasteiger partial charge on any atom is -0.481 e. The van der Waals surface area contributed by atoms with Crippen LogP contribution in [0.25, 0.3) is 17.2 Å². The first-order chi connectivity index (χ1) is 13.9. The average Bonchev–Trinajstić information content (AvgIpc) is 3.11. The first-order valence-electron chi connectivity index (χ1n) is 8.48. The molecule has 0 fully saturated rings. The molecule has 10 heteroatoms. The lowest BCUT2D eigenvalue weighted by atomic mass is 10.0. The van der Waals surface area contributed by atoms with Gasteiger partial charge in [-0.05, 0) is 46.1 Å². The number of hydrogen-bond acceptors (Lipinski definition) is 5. The van der Waals surface area contributed by atoms with Crippen LogP contribution in [-0.2, 0) is 6.42 Å². The van der Waals surface area contributed by atoms with Gasteiger partial charge in [0, 0.05) is 12.6 Å². The molecule has 4 aromatic rings. The van der Waals surface area contributed by atoms with E-state index >= 15 is 0 Å². The second-order valence-corrected chi connectivity index (χ2v) is 7.20. The van der Waals surface area contributed by atoms with Crippen molar-refractivity contribution >= 4 is 21.6 Å². The van der Waals surface area contributed by atoms with E-state index in [9.17, 15) is 13.6 Å². The Balaban J connectivity index is 1.91. The fourth-order valence-electron chi connectivity index (χ4n) is 2.98. The smallest absolute Gasteiger partial charge is 0.287 e. The van der Waals surface area contributed by atoms with Gasteiger partial charge in [-0.25, -0.2) is 19.3 Å². The van der Waals surface area contributed by atoms with Crippen molar-refractivity contribution in [3.05, 3.63) is 74.0 Å². The van der Waals surface area contributed by atoms with Crippen LogP contribution in [0.15, 0.2) is 40.0 Å². The number of rotatable bonds is 4. The van der Waals surface area contributed by atoms with Crippen molar-refractivity contribution in [3.8, 4) is 17.4 Å². The maximum atomic E-state index is 14.1. The Labute approximate surface area is 171 Å². The number of aryl methyl sites for hydroxylation is 1. The highest BCUT2D eigenvalue weighted by Crippen LogP contribution is 2.26.